The molecule has 1 aliphatic rings. The Morgan fingerprint density at radius 3 is 2.33 bits per heavy atom. The van der Waals surface area contributed by atoms with E-state index >= 15 is 0 Å². The molecule has 1 aliphatic carbocycles. The third kappa shape index (κ3) is 3.43. The number of carbonyl (C=O) groups excluding carboxylic acids is 1. The van der Waals surface area contributed by atoms with Gasteiger partial charge in [0, 0.05) is 17.5 Å². The SMILES string of the molecule is CC.CNC[C@]1(c2cc(C(F)(F)F)ccc2C=O)CC1F. The summed E-state index contributed by atoms with van der Waals surface area (Å²) in [4.78, 5) is 10.9. The molecular formula is C15H19F4NO. The third-order valence-electron chi connectivity index (χ3n) is 3.52. The van der Waals surface area contributed by atoms with Crippen LogP contribution in [0.3, 0.4) is 0 Å². The van der Waals surface area contributed by atoms with Gasteiger partial charge in [0.15, 0.2) is 0 Å². The highest BCUT2D eigenvalue weighted by molar-refractivity contribution is 5.79. The Bertz CT molecular complexity index is 501. The summed E-state index contributed by atoms with van der Waals surface area (Å²) >= 11 is 0. The van der Waals surface area contributed by atoms with E-state index in [2.05, 4.69) is 5.32 Å². The predicted molar refractivity (Wildman–Crippen MR) is 73.3 cm³/mol. The smallest absolute Gasteiger partial charge is 0.319 e. The van der Waals surface area contributed by atoms with Gasteiger partial charge in [0.1, 0.15) is 12.5 Å². The van der Waals surface area contributed by atoms with Gasteiger partial charge in [-0.25, -0.2) is 4.39 Å². The third-order valence-corrected chi connectivity index (χ3v) is 3.52. The van der Waals surface area contributed by atoms with E-state index in [1.807, 2.05) is 13.8 Å². The minimum atomic E-state index is -4.50. The molecule has 0 spiro atoms. The van der Waals surface area contributed by atoms with Crippen LogP contribution in [0.1, 0.15) is 41.8 Å². The number of benzene rings is 1. The second-order valence-electron chi connectivity index (χ2n) is 4.78. The van der Waals surface area contributed by atoms with Crippen LogP contribution in [0.4, 0.5) is 17.6 Å². The standard InChI is InChI=1S/C13H13F4NO.C2H6/c1-18-7-12(5-11(12)14)10-4-9(13(15,16)17)3-2-8(10)6-19;1-2/h2-4,6,11,18H,5,7H2,1H3;1-2H3/t11?,12-;/m0./s1. The Balaban J connectivity index is 0.00000106. The Kier molecular flexibility index (Phi) is 5.50. The van der Waals surface area contributed by atoms with Gasteiger partial charge in [-0.05, 0) is 31.2 Å². The van der Waals surface area contributed by atoms with Gasteiger partial charge in [0.25, 0.3) is 0 Å². The van der Waals surface area contributed by atoms with Crippen LogP contribution >= 0.6 is 0 Å². The van der Waals surface area contributed by atoms with Gasteiger partial charge in [-0.15, -0.1) is 0 Å². The highest BCUT2D eigenvalue weighted by Crippen LogP contribution is 2.52. The summed E-state index contributed by atoms with van der Waals surface area (Å²) in [6, 6.07) is 2.84. The van der Waals surface area contributed by atoms with Crippen LogP contribution < -0.4 is 5.32 Å². The number of hydrogen-bond donors (Lipinski definition) is 1. The lowest BCUT2D eigenvalue weighted by Crippen LogP contribution is -2.28. The van der Waals surface area contributed by atoms with E-state index in [1.165, 1.54) is 0 Å². The molecule has 1 aromatic carbocycles. The molecule has 2 rings (SSSR count). The van der Waals surface area contributed by atoms with E-state index in [1.54, 1.807) is 7.05 Å². The molecule has 0 aromatic heterocycles. The average Bonchev–Trinajstić information content (AvgIpc) is 3.11. The molecule has 6 heteroatoms. The molecule has 0 amide bonds. The first-order valence-electron chi connectivity index (χ1n) is 6.81. The second-order valence-corrected chi connectivity index (χ2v) is 4.78. The van der Waals surface area contributed by atoms with Gasteiger partial charge in [-0.2, -0.15) is 13.2 Å². The first-order chi connectivity index (χ1) is 9.85. The Morgan fingerprint density at radius 1 is 1.38 bits per heavy atom. The van der Waals surface area contributed by atoms with E-state index in [9.17, 15) is 22.4 Å². The topological polar surface area (TPSA) is 29.1 Å². The van der Waals surface area contributed by atoms with Crippen molar-refractivity contribution in [3.05, 3.63) is 34.9 Å². The molecule has 0 saturated heterocycles. The molecule has 0 heterocycles. The average molecular weight is 305 g/mol. The van der Waals surface area contributed by atoms with Crippen molar-refractivity contribution in [3.63, 3.8) is 0 Å². The van der Waals surface area contributed by atoms with Gasteiger partial charge < -0.3 is 5.32 Å². The monoisotopic (exact) mass is 305 g/mol. The summed E-state index contributed by atoms with van der Waals surface area (Å²) in [6.45, 7) is 4.20. The van der Waals surface area contributed by atoms with Gasteiger partial charge in [-0.1, -0.05) is 19.9 Å². The fourth-order valence-electron chi connectivity index (χ4n) is 2.40. The second kappa shape index (κ2) is 6.56. The zero-order valence-corrected chi connectivity index (χ0v) is 12.2. The van der Waals surface area contributed by atoms with Crippen LogP contribution in [0.5, 0.6) is 0 Å². The maximum absolute atomic E-state index is 13.6. The lowest BCUT2D eigenvalue weighted by Gasteiger charge is -2.19. The Morgan fingerprint density at radius 2 is 1.95 bits per heavy atom. The molecule has 1 aromatic rings. The summed E-state index contributed by atoms with van der Waals surface area (Å²) in [7, 11) is 1.60. The van der Waals surface area contributed by atoms with Crippen LogP contribution in [0.15, 0.2) is 18.2 Å². The number of hydrogen-bond acceptors (Lipinski definition) is 2. The van der Waals surface area contributed by atoms with Crippen molar-refractivity contribution < 1.29 is 22.4 Å². The predicted octanol–water partition coefficient (Wildman–Crippen LogP) is 3.74. The van der Waals surface area contributed by atoms with Crippen molar-refractivity contribution in [1.29, 1.82) is 0 Å². The Hall–Kier alpha value is -1.43. The van der Waals surface area contributed by atoms with Crippen molar-refractivity contribution in [3.8, 4) is 0 Å². The number of carbonyl (C=O) groups is 1. The minimum Gasteiger partial charge on any atom is -0.319 e. The summed E-state index contributed by atoms with van der Waals surface area (Å²) in [6.07, 6.45) is -5.12. The molecule has 1 saturated carbocycles. The minimum absolute atomic E-state index is 0.114. The first kappa shape index (κ1) is 17.6. The van der Waals surface area contributed by atoms with E-state index in [0.29, 0.717) is 6.29 Å². The number of rotatable bonds is 4. The van der Waals surface area contributed by atoms with Crippen LogP contribution in [0.2, 0.25) is 0 Å². The lowest BCUT2D eigenvalue weighted by atomic mass is 9.89. The highest BCUT2D eigenvalue weighted by Gasteiger charge is 2.57. The van der Waals surface area contributed by atoms with Crippen molar-refractivity contribution >= 4 is 6.29 Å². The molecule has 1 fully saturated rings. The molecular weight excluding hydrogens is 286 g/mol. The lowest BCUT2D eigenvalue weighted by molar-refractivity contribution is -0.137. The van der Waals surface area contributed by atoms with Crippen molar-refractivity contribution in [2.45, 2.75) is 38.0 Å². The van der Waals surface area contributed by atoms with E-state index in [4.69, 9.17) is 0 Å². The number of aldehydes is 1. The Labute approximate surface area is 121 Å². The molecule has 2 atom stereocenters. The maximum Gasteiger partial charge on any atom is 0.416 e. The van der Waals surface area contributed by atoms with Crippen LogP contribution in [-0.4, -0.2) is 26.1 Å². The van der Waals surface area contributed by atoms with E-state index in [0.717, 1.165) is 18.2 Å². The highest BCUT2D eigenvalue weighted by atomic mass is 19.4. The molecule has 21 heavy (non-hydrogen) atoms. The van der Waals surface area contributed by atoms with Crippen molar-refractivity contribution in [2.24, 2.45) is 0 Å². The zero-order valence-electron chi connectivity index (χ0n) is 12.2. The molecule has 0 bridgehead atoms. The van der Waals surface area contributed by atoms with Crippen LogP contribution in [0, 0.1) is 0 Å². The van der Waals surface area contributed by atoms with Crippen LogP contribution in [-0.2, 0) is 11.6 Å². The summed E-state index contributed by atoms with van der Waals surface area (Å²) in [5.41, 5.74) is -1.61. The fourth-order valence-corrected chi connectivity index (χ4v) is 2.40. The van der Waals surface area contributed by atoms with Gasteiger partial charge in [0.05, 0.1) is 5.56 Å². The normalized spacial score (nSPS) is 24.0. The zero-order chi connectivity index (χ0) is 16.3. The van der Waals surface area contributed by atoms with E-state index < -0.39 is 23.3 Å². The summed E-state index contributed by atoms with van der Waals surface area (Å²) < 4.78 is 51.7. The largest absolute Gasteiger partial charge is 0.416 e. The molecule has 1 unspecified atom stereocenters. The number of likely N-dealkylation sites (N-methyl/N-ethyl adjacent to an activating group) is 1. The number of halogens is 4. The quantitative estimate of drug-likeness (QED) is 0.678. The molecule has 1 N–H and O–H groups in total. The summed E-state index contributed by atoms with van der Waals surface area (Å²) in [5, 5.41) is 2.77. The fraction of sp³-hybridized carbons (Fsp3) is 0.533. The van der Waals surface area contributed by atoms with Gasteiger partial charge in [-0.3, -0.25) is 4.79 Å². The number of nitrogens with one attached hydrogen (secondary N) is 1. The van der Waals surface area contributed by atoms with Gasteiger partial charge in [0.2, 0.25) is 0 Å². The number of alkyl halides is 4. The summed E-state index contributed by atoms with van der Waals surface area (Å²) in [5.74, 6) is 0. The molecule has 0 aliphatic heterocycles. The molecule has 118 valence electrons. The molecule has 2 nitrogen and oxygen atoms in total. The molecule has 0 radical (unpaired) electrons. The van der Waals surface area contributed by atoms with Crippen molar-refractivity contribution in [2.75, 3.05) is 13.6 Å². The maximum atomic E-state index is 13.6. The first-order valence-corrected chi connectivity index (χ1v) is 6.81. The van der Waals surface area contributed by atoms with Crippen LogP contribution in [0.25, 0.3) is 0 Å². The van der Waals surface area contributed by atoms with E-state index in [-0.39, 0.29) is 24.1 Å². The van der Waals surface area contributed by atoms with Gasteiger partial charge >= 0.3 is 6.18 Å². The van der Waals surface area contributed by atoms with Crippen molar-refractivity contribution in [1.82, 2.24) is 5.32 Å².